The van der Waals surface area contributed by atoms with Crippen molar-refractivity contribution in [2.24, 2.45) is 17.6 Å². The highest BCUT2D eigenvalue weighted by molar-refractivity contribution is 9.10. The van der Waals surface area contributed by atoms with Crippen LogP contribution in [0.25, 0.3) is 0 Å². The number of nitrogens with two attached hydrogens (primary N) is 1. The van der Waals surface area contributed by atoms with E-state index in [1.807, 2.05) is 24.3 Å². The molecule has 2 nitrogen and oxygen atoms in total. The highest BCUT2D eigenvalue weighted by atomic mass is 79.9. The Hall–Kier alpha value is -0.380. The van der Waals surface area contributed by atoms with Gasteiger partial charge in [0.15, 0.2) is 0 Å². The second kappa shape index (κ2) is 5.64. The van der Waals surface area contributed by atoms with Crippen molar-refractivity contribution in [3.8, 4) is 0 Å². The third kappa shape index (κ3) is 3.03. The molecule has 0 amide bonds. The molecule has 0 fully saturated rings. The molecule has 15 heavy (non-hydrogen) atoms. The number of rotatable bonds is 4. The average molecular weight is 272 g/mol. The van der Waals surface area contributed by atoms with Gasteiger partial charge >= 0.3 is 0 Å². The maximum atomic E-state index is 9.32. The van der Waals surface area contributed by atoms with Crippen LogP contribution in [0.3, 0.4) is 0 Å². The van der Waals surface area contributed by atoms with Gasteiger partial charge < -0.3 is 10.8 Å². The molecule has 0 aromatic heterocycles. The SMILES string of the molecule is CC(C)C(CO)C(N)c1ccccc1Br. The molecule has 3 heteroatoms. The first-order valence-electron chi connectivity index (χ1n) is 5.18. The number of aliphatic hydroxyl groups is 1. The Labute approximate surface area is 99.6 Å². The Morgan fingerprint density at radius 1 is 1.33 bits per heavy atom. The smallest absolute Gasteiger partial charge is 0.0479 e. The van der Waals surface area contributed by atoms with Crippen molar-refractivity contribution in [1.82, 2.24) is 0 Å². The van der Waals surface area contributed by atoms with Crippen LogP contribution >= 0.6 is 15.9 Å². The summed E-state index contributed by atoms with van der Waals surface area (Å²) in [7, 11) is 0. The van der Waals surface area contributed by atoms with Gasteiger partial charge in [0.2, 0.25) is 0 Å². The predicted molar refractivity (Wildman–Crippen MR) is 66.5 cm³/mol. The van der Waals surface area contributed by atoms with E-state index in [9.17, 15) is 5.11 Å². The average Bonchev–Trinajstić information content (AvgIpc) is 2.18. The normalized spacial score (nSPS) is 15.3. The van der Waals surface area contributed by atoms with Gasteiger partial charge in [0, 0.05) is 23.0 Å². The number of hydrogen-bond donors (Lipinski definition) is 2. The summed E-state index contributed by atoms with van der Waals surface area (Å²) in [5.74, 6) is 0.473. The molecule has 1 aromatic rings. The zero-order valence-electron chi connectivity index (χ0n) is 9.15. The summed E-state index contributed by atoms with van der Waals surface area (Å²) in [5.41, 5.74) is 7.22. The van der Waals surface area contributed by atoms with Crippen LogP contribution in [0.5, 0.6) is 0 Å². The first-order chi connectivity index (χ1) is 7.07. The van der Waals surface area contributed by atoms with E-state index in [1.54, 1.807) is 0 Å². The molecule has 0 saturated carbocycles. The summed E-state index contributed by atoms with van der Waals surface area (Å²) in [5, 5.41) is 9.32. The molecule has 0 aliphatic rings. The molecular weight excluding hydrogens is 254 g/mol. The van der Waals surface area contributed by atoms with Crippen molar-refractivity contribution in [3.63, 3.8) is 0 Å². The van der Waals surface area contributed by atoms with Gasteiger partial charge in [-0.05, 0) is 17.5 Å². The zero-order valence-corrected chi connectivity index (χ0v) is 10.7. The Bertz CT molecular complexity index is 314. The highest BCUT2D eigenvalue weighted by Crippen LogP contribution is 2.30. The quantitative estimate of drug-likeness (QED) is 0.885. The highest BCUT2D eigenvalue weighted by Gasteiger charge is 2.23. The van der Waals surface area contributed by atoms with Gasteiger partial charge in [-0.25, -0.2) is 0 Å². The molecule has 3 N–H and O–H groups in total. The maximum absolute atomic E-state index is 9.32. The predicted octanol–water partition coefficient (Wildman–Crippen LogP) is 2.71. The Morgan fingerprint density at radius 3 is 2.40 bits per heavy atom. The largest absolute Gasteiger partial charge is 0.396 e. The van der Waals surface area contributed by atoms with Crippen molar-refractivity contribution in [2.45, 2.75) is 19.9 Å². The second-order valence-electron chi connectivity index (χ2n) is 4.14. The molecule has 84 valence electrons. The van der Waals surface area contributed by atoms with Gasteiger partial charge in [-0.1, -0.05) is 48.0 Å². The number of benzene rings is 1. The lowest BCUT2D eigenvalue weighted by Crippen LogP contribution is -2.28. The monoisotopic (exact) mass is 271 g/mol. The number of aliphatic hydroxyl groups excluding tert-OH is 1. The lowest BCUT2D eigenvalue weighted by molar-refractivity contribution is 0.165. The first-order valence-corrected chi connectivity index (χ1v) is 5.98. The van der Waals surface area contributed by atoms with Crippen LogP contribution in [0.1, 0.15) is 25.5 Å². The van der Waals surface area contributed by atoms with Crippen LogP contribution in [0.15, 0.2) is 28.7 Å². The first kappa shape index (κ1) is 12.7. The standard InChI is InChI=1S/C12H18BrNO/c1-8(2)10(7-15)12(14)9-5-3-4-6-11(9)13/h3-6,8,10,12,15H,7,14H2,1-2H3. The third-order valence-electron chi connectivity index (χ3n) is 2.79. The Balaban J connectivity index is 2.92. The van der Waals surface area contributed by atoms with Crippen molar-refractivity contribution in [1.29, 1.82) is 0 Å². The van der Waals surface area contributed by atoms with E-state index >= 15 is 0 Å². The molecule has 0 radical (unpaired) electrons. The summed E-state index contributed by atoms with van der Waals surface area (Å²) < 4.78 is 1.01. The summed E-state index contributed by atoms with van der Waals surface area (Å²) in [6.07, 6.45) is 0. The van der Waals surface area contributed by atoms with Crippen LogP contribution in [-0.4, -0.2) is 11.7 Å². The third-order valence-corrected chi connectivity index (χ3v) is 3.51. The van der Waals surface area contributed by atoms with Crippen LogP contribution in [-0.2, 0) is 0 Å². The van der Waals surface area contributed by atoms with Gasteiger partial charge in [0.05, 0.1) is 0 Å². The van der Waals surface area contributed by atoms with Crippen molar-refractivity contribution in [3.05, 3.63) is 34.3 Å². The molecule has 2 unspecified atom stereocenters. The van der Waals surface area contributed by atoms with Crippen LogP contribution in [0.2, 0.25) is 0 Å². The molecule has 0 aliphatic carbocycles. The molecule has 2 atom stereocenters. The summed E-state index contributed by atoms with van der Waals surface area (Å²) >= 11 is 3.48. The fourth-order valence-electron chi connectivity index (χ4n) is 1.72. The molecule has 1 rings (SSSR count). The molecule has 0 saturated heterocycles. The minimum Gasteiger partial charge on any atom is -0.396 e. The van der Waals surface area contributed by atoms with Crippen LogP contribution in [0, 0.1) is 11.8 Å². The number of halogens is 1. The van der Waals surface area contributed by atoms with E-state index in [1.165, 1.54) is 0 Å². The minimum atomic E-state index is -0.120. The fraction of sp³-hybridized carbons (Fsp3) is 0.500. The second-order valence-corrected chi connectivity index (χ2v) is 4.99. The fourth-order valence-corrected chi connectivity index (χ4v) is 2.26. The topological polar surface area (TPSA) is 46.2 Å². The lowest BCUT2D eigenvalue weighted by atomic mass is 9.86. The van der Waals surface area contributed by atoms with E-state index in [2.05, 4.69) is 29.8 Å². The lowest BCUT2D eigenvalue weighted by Gasteiger charge is -2.26. The van der Waals surface area contributed by atoms with Gasteiger partial charge in [-0.2, -0.15) is 0 Å². The van der Waals surface area contributed by atoms with Crippen LogP contribution < -0.4 is 5.73 Å². The number of hydrogen-bond acceptors (Lipinski definition) is 2. The summed E-state index contributed by atoms with van der Waals surface area (Å²) in [4.78, 5) is 0. The zero-order chi connectivity index (χ0) is 11.4. The molecule has 1 aromatic carbocycles. The van der Waals surface area contributed by atoms with Gasteiger partial charge in [0.25, 0.3) is 0 Å². The Kier molecular flexibility index (Phi) is 4.77. The van der Waals surface area contributed by atoms with Crippen LogP contribution in [0.4, 0.5) is 0 Å². The molecular formula is C12H18BrNO. The molecule has 0 aliphatic heterocycles. The van der Waals surface area contributed by atoms with Gasteiger partial charge in [-0.3, -0.25) is 0 Å². The van der Waals surface area contributed by atoms with Gasteiger partial charge in [0.1, 0.15) is 0 Å². The van der Waals surface area contributed by atoms with E-state index in [4.69, 9.17) is 5.73 Å². The van der Waals surface area contributed by atoms with Gasteiger partial charge in [-0.15, -0.1) is 0 Å². The molecule has 0 heterocycles. The van der Waals surface area contributed by atoms with E-state index < -0.39 is 0 Å². The van der Waals surface area contributed by atoms with Crippen molar-refractivity contribution >= 4 is 15.9 Å². The summed E-state index contributed by atoms with van der Waals surface area (Å²) in [6, 6.07) is 7.79. The minimum absolute atomic E-state index is 0.101. The van der Waals surface area contributed by atoms with E-state index in [-0.39, 0.29) is 18.6 Å². The van der Waals surface area contributed by atoms with E-state index in [0.717, 1.165) is 10.0 Å². The maximum Gasteiger partial charge on any atom is 0.0479 e. The summed E-state index contributed by atoms with van der Waals surface area (Å²) in [6.45, 7) is 4.29. The molecule has 0 bridgehead atoms. The van der Waals surface area contributed by atoms with Crippen molar-refractivity contribution in [2.75, 3.05) is 6.61 Å². The van der Waals surface area contributed by atoms with E-state index in [0.29, 0.717) is 5.92 Å². The Morgan fingerprint density at radius 2 is 1.93 bits per heavy atom. The van der Waals surface area contributed by atoms with Crippen molar-refractivity contribution < 1.29 is 5.11 Å². The molecule has 0 spiro atoms.